The largest absolute Gasteiger partial charge is 0.479 e. The highest BCUT2D eigenvalue weighted by Gasteiger charge is 2.32. The normalized spacial score (nSPS) is 22.9. The van der Waals surface area contributed by atoms with Gasteiger partial charge in [0.2, 0.25) is 5.91 Å². The van der Waals surface area contributed by atoms with E-state index in [9.17, 15) is 9.59 Å². The monoisotopic (exact) mass is 281 g/mol. The molecule has 1 aromatic rings. The number of rotatable bonds is 3. The molecular formula is C13H19N3O4. The molecule has 1 N–H and O–H groups in total. The summed E-state index contributed by atoms with van der Waals surface area (Å²) in [4.78, 5) is 24.8. The minimum atomic E-state index is -1.04. The number of morpholine rings is 1. The fourth-order valence-corrected chi connectivity index (χ4v) is 2.35. The summed E-state index contributed by atoms with van der Waals surface area (Å²) < 4.78 is 6.92. The van der Waals surface area contributed by atoms with Gasteiger partial charge in [-0.3, -0.25) is 9.48 Å². The van der Waals surface area contributed by atoms with Crippen molar-refractivity contribution in [1.82, 2.24) is 14.7 Å². The first kappa shape index (κ1) is 14.5. The van der Waals surface area contributed by atoms with Crippen molar-refractivity contribution in [3.63, 3.8) is 0 Å². The summed E-state index contributed by atoms with van der Waals surface area (Å²) >= 11 is 0. The highest BCUT2D eigenvalue weighted by atomic mass is 16.5. The quantitative estimate of drug-likeness (QED) is 0.855. The van der Waals surface area contributed by atoms with E-state index in [0.29, 0.717) is 6.54 Å². The fraction of sp³-hybridized carbons (Fsp3) is 0.615. The number of carbonyl (C=O) groups is 2. The van der Waals surface area contributed by atoms with E-state index in [2.05, 4.69) is 5.10 Å². The maximum Gasteiger partial charge on any atom is 0.334 e. The lowest BCUT2D eigenvalue weighted by Crippen LogP contribution is -2.52. The van der Waals surface area contributed by atoms with Crippen LogP contribution in [0.2, 0.25) is 0 Å². The van der Waals surface area contributed by atoms with E-state index in [4.69, 9.17) is 9.84 Å². The van der Waals surface area contributed by atoms with Crippen LogP contribution in [-0.4, -0.2) is 57.0 Å². The van der Waals surface area contributed by atoms with Gasteiger partial charge in [-0.2, -0.15) is 5.10 Å². The molecule has 1 saturated heterocycles. The molecule has 7 heteroatoms. The fourth-order valence-electron chi connectivity index (χ4n) is 2.35. The average molecular weight is 281 g/mol. The van der Waals surface area contributed by atoms with Gasteiger partial charge in [-0.25, -0.2) is 4.79 Å². The van der Waals surface area contributed by atoms with Crippen molar-refractivity contribution >= 4 is 11.9 Å². The van der Waals surface area contributed by atoms with Crippen LogP contribution in [0.4, 0.5) is 0 Å². The molecule has 0 bridgehead atoms. The third-order valence-corrected chi connectivity index (χ3v) is 3.28. The van der Waals surface area contributed by atoms with Crippen LogP contribution in [0.1, 0.15) is 18.3 Å². The number of aliphatic carboxylic acids is 1. The summed E-state index contributed by atoms with van der Waals surface area (Å²) in [6.45, 7) is 6.12. The van der Waals surface area contributed by atoms with Crippen LogP contribution in [0.5, 0.6) is 0 Å². The molecule has 0 saturated carbocycles. The lowest BCUT2D eigenvalue weighted by Gasteiger charge is -2.35. The zero-order valence-electron chi connectivity index (χ0n) is 11.9. The molecule has 1 aliphatic heterocycles. The van der Waals surface area contributed by atoms with Crippen LogP contribution in [0.15, 0.2) is 6.07 Å². The summed E-state index contributed by atoms with van der Waals surface area (Å²) in [6.07, 6.45) is -1.24. The number of carbonyl (C=O) groups excluding carboxylic acids is 1. The van der Waals surface area contributed by atoms with Gasteiger partial charge in [0, 0.05) is 12.2 Å². The number of hydrogen-bond donors (Lipinski definition) is 1. The number of carboxylic acids is 1. The maximum atomic E-state index is 12.3. The molecule has 0 spiro atoms. The molecule has 1 amide bonds. The van der Waals surface area contributed by atoms with E-state index < -0.39 is 12.1 Å². The predicted molar refractivity (Wildman–Crippen MR) is 70.3 cm³/mol. The van der Waals surface area contributed by atoms with Crippen molar-refractivity contribution in [2.45, 2.75) is 39.5 Å². The summed E-state index contributed by atoms with van der Waals surface area (Å²) in [5.74, 6) is -1.18. The highest BCUT2D eigenvalue weighted by Crippen LogP contribution is 2.12. The Balaban J connectivity index is 2.04. The second-order valence-electron chi connectivity index (χ2n) is 5.16. The van der Waals surface area contributed by atoms with E-state index in [-0.39, 0.29) is 25.1 Å². The minimum absolute atomic E-state index is 0.0812. The molecule has 1 unspecified atom stereocenters. The molecular weight excluding hydrogens is 262 g/mol. The third-order valence-electron chi connectivity index (χ3n) is 3.28. The molecule has 7 nitrogen and oxygen atoms in total. The Bertz CT molecular complexity index is 526. The van der Waals surface area contributed by atoms with Crippen LogP contribution in [0.25, 0.3) is 0 Å². The van der Waals surface area contributed by atoms with Crippen LogP contribution in [-0.2, 0) is 20.9 Å². The number of hydrogen-bond acceptors (Lipinski definition) is 4. The van der Waals surface area contributed by atoms with Gasteiger partial charge in [-0.1, -0.05) is 0 Å². The average Bonchev–Trinajstić information content (AvgIpc) is 2.66. The molecule has 20 heavy (non-hydrogen) atoms. The van der Waals surface area contributed by atoms with Gasteiger partial charge in [0.25, 0.3) is 0 Å². The van der Waals surface area contributed by atoms with Gasteiger partial charge < -0.3 is 14.7 Å². The number of aryl methyl sites for hydroxylation is 2. The van der Waals surface area contributed by atoms with Gasteiger partial charge in [-0.05, 0) is 26.8 Å². The second-order valence-corrected chi connectivity index (χ2v) is 5.16. The van der Waals surface area contributed by atoms with Crippen molar-refractivity contribution in [1.29, 1.82) is 0 Å². The number of carboxylic acid groups (broad SMARTS) is 1. The lowest BCUT2D eigenvalue weighted by molar-refractivity contribution is -0.166. The van der Waals surface area contributed by atoms with Gasteiger partial charge in [-0.15, -0.1) is 0 Å². The summed E-state index contributed by atoms with van der Waals surface area (Å²) in [5, 5.41) is 13.3. The summed E-state index contributed by atoms with van der Waals surface area (Å²) in [6, 6.07) is 1.90. The smallest absolute Gasteiger partial charge is 0.334 e. The first-order valence-corrected chi connectivity index (χ1v) is 6.54. The lowest BCUT2D eigenvalue weighted by atomic mass is 10.2. The van der Waals surface area contributed by atoms with Gasteiger partial charge in [0.05, 0.1) is 18.3 Å². The molecule has 1 aliphatic rings. The van der Waals surface area contributed by atoms with E-state index in [1.165, 1.54) is 4.90 Å². The maximum absolute atomic E-state index is 12.3. The first-order chi connectivity index (χ1) is 9.36. The molecule has 2 rings (SSSR count). The van der Waals surface area contributed by atoms with Crippen LogP contribution < -0.4 is 0 Å². The van der Waals surface area contributed by atoms with Crippen molar-refractivity contribution < 1.29 is 19.4 Å². The zero-order valence-corrected chi connectivity index (χ0v) is 11.9. The van der Waals surface area contributed by atoms with Crippen molar-refractivity contribution in [3.05, 3.63) is 17.5 Å². The van der Waals surface area contributed by atoms with Gasteiger partial charge >= 0.3 is 5.97 Å². The van der Waals surface area contributed by atoms with Crippen LogP contribution in [0, 0.1) is 13.8 Å². The van der Waals surface area contributed by atoms with E-state index in [1.807, 2.05) is 19.9 Å². The predicted octanol–water partition coefficient (Wildman–Crippen LogP) is 0.200. The van der Waals surface area contributed by atoms with Crippen molar-refractivity contribution in [3.8, 4) is 0 Å². The highest BCUT2D eigenvalue weighted by molar-refractivity contribution is 5.78. The molecule has 2 heterocycles. The summed E-state index contributed by atoms with van der Waals surface area (Å²) in [5.41, 5.74) is 1.76. The second kappa shape index (κ2) is 5.62. The Hall–Kier alpha value is -1.89. The summed E-state index contributed by atoms with van der Waals surface area (Å²) in [7, 11) is 0. The molecule has 0 aromatic carbocycles. The number of nitrogens with zero attached hydrogens (tertiary/aromatic N) is 3. The number of aromatic nitrogens is 2. The third kappa shape index (κ3) is 3.16. The van der Waals surface area contributed by atoms with Gasteiger partial charge in [0.1, 0.15) is 6.54 Å². The van der Waals surface area contributed by atoms with E-state index in [1.54, 1.807) is 11.6 Å². The Kier molecular flexibility index (Phi) is 4.08. The Morgan fingerprint density at radius 3 is 2.70 bits per heavy atom. The molecule has 2 atom stereocenters. The van der Waals surface area contributed by atoms with Crippen LogP contribution >= 0.6 is 0 Å². The standard InChI is InChI=1S/C13H19N3O4/c1-8-4-9(2)16(14-8)7-12(17)15-5-10(3)20-11(6-15)13(18)19/h4,10-11H,5-7H2,1-3H3,(H,18,19)/t10-,11?/m1/s1. The minimum Gasteiger partial charge on any atom is -0.479 e. The molecule has 0 aliphatic carbocycles. The molecule has 1 fully saturated rings. The van der Waals surface area contributed by atoms with Crippen molar-refractivity contribution in [2.24, 2.45) is 0 Å². The Morgan fingerprint density at radius 1 is 1.45 bits per heavy atom. The number of amides is 1. The van der Waals surface area contributed by atoms with E-state index >= 15 is 0 Å². The molecule has 0 radical (unpaired) electrons. The topological polar surface area (TPSA) is 84.7 Å². The van der Waals surface area contributed by atoms with E-state index in [0.717, 1.165) is 11.4 Å². The Labute approximate surface area is 117 Å². The number of ether oxygens (including phenoxy) is 1. The SMILES string of the molecule is Cc1cc(C)n(CC(=O)N2CC(C(=O)O)O[C@H](C)C2)n1. The molecule has 110 valence electrons. The zero-order chi connectivity index (χ0) is 14.9. The molecule has 1 aromatic heterocycles. The van der Waals surface area contributed by atoms with Gasteiger partial charge in [0.15, 0.2) is 6.10 Å². The van der Waals surface area contributed by atoms with Crippen LogP contribution in [0.3, 0.4) is 0 Å². The van der Waals surface area contributed by atoms with Crippen molar-refractivity contribution in [2.75, 3.05) is 13.1 Å². The first-order valence-electron chi connectivity index (χ1n) is 6.54. The Morgan fingerprint density at radius 2 is 2.15 bits per heavy atom.